The first kappa shape index (κ1) is 26.9. The first-order chi connectivity index (χ1) is 18.0. The van der Waals surface area contributed by atoms with Gasteiger partial charge in [0.1, 0.15) is 17.7 Å². The second-order valence-corrected chi connectivity index (χ2v) is 10.4. The van der Waals surface area contributed by atoms with Crippen molar-refractivity contribution >= 4 is 23.6 Å². The molecule has 1 atom stereocenters. The monoisotopic (exact) mass is 522 g/mol. The molecule has 0 aliphatic heterocycles. The van der Waals surface area contributed by atoms with Gasteiger partial charge in [0, 0.05) is 30.3 Å². The maximum absolute atomic E-state index is 14.7. The number of halogens is 2. The van der Waals surface area contributed by atoms with E-state index in [0.717, 1.165) is 36.8 Å². The molecule has 194 valence electrons. The Kier molecular flexibility index (Phi) is 9.71. The molecule has 7 heteroatoms. The number of carbonyl (C=O) groups is 2. The van der Waals surface area contributed by atoms with Gasteiger partial charge in [0.25, 0.3) is 0 Å². The van der Waals surface area contributed by atoms with Gasteiger partial charge in [-0.05, 0) is 42.2 Å². The molecule has 0 radical (unpaired) electrons. The quantitative estimate of drug-likeness (QED) is 0.341. The summed E-state index contributed by atoms with van der Waals surface area (Å²) < 4.78 is 27.9. The molecule has 0 unspecified atom stereocenters. The highest BCUT2D eigenvalue weighted by Gasteiger charge is 2.32. The fourth-order valence-electron chi connectivity index (χ4n) is 4.65. The molecule has 1 fully saturated rings. The maximum Gasteiger partial charge on any atom is 0.243 e. The summed E-state index contributed by atoms with van der Waals surface area (Å²) in [6.07, 6.45) is 4.35. The largest absolute Gasteiger partial charge is 0.352 e. The Hall–Kier alpha value is -3.19. The molecule has 1 N–H and O–H groups in total. The number of nitrogens with one attached hydrogen (secondary N) is 1. The third-order valence-electron chi connectivity index (χ3n) is 6.68. The predicted octanol–water partition coefficient (Wildman–Crippen LogP) is 5.90. The summed E-state index contributed by atoms with van der Waals surface area (Å²) in [4.78, 5) is 28.8. The third kappa shape index (κ3) is 7.89. The van der Waals surface area contributed by atoms with Gasteiger partial charge >= 0.3 is 0 Å². The summed E-state index contributed by atoms with van der Waals surface area (Å²) in [7, 11) is 0. The molecule has 1 aliphatic rings. The molecule has 1 aliphatic carbocycles. The van der Waals surface area contributed by atoms with Crippen LogP contribution in [-0.4, -0.2) is 34.6 Å². The molecule has 3 aromatic carbocycles. The number of hydrogen-bond acceptors (Lipinski definition) is 3. The highest BCUT2D eigenvalue weighted by Crippen LogP contribution is 2.22. The zero-order chi connectivity index (χ0) is 26.0. The van der Waals surface area contributed by atoms with Crippen LogP contribution < -0.4 is 5.32 Å². The number of thioether (sulfide) groups is 1. The Morgan fingerprint density at radius 3 is 2.27 bits per heavy atom. The van der Waals surface area contributed by atoms with Crippen molar-refractivity contribution in [3.8, 4) is 0 Å². The first-order valence-electron chi connectivity index (χ1n) is 12.7. The van der Waals surface area contributed by atoms with E-state index in [2.05, 4.69) is 5.32 Å². The van der Waals surface area contributed by atoms with Crippen molar-refractivity contribution in [2.45, 2.75) is 56.5 Å². The minimum absolute atomic E-state index is 0.00178. The Morgan fingerprint density at radius 2 is 1.57 bits per heavy atom. The van der Waals surface area contributed by atoms with E-state index in [1.54, 1.807) is 30.3 Å². The van der Waals surface area contributed by atoms with E-state index in [0.29, 0.717) is 17.7 Å². The summed E-state index contributed by atoms with van der Waals surface area (Å²) in [6.45, 7) is -0.00178. The van der Waals surface area contributed by atoms with Crippen molar-refractivity contribution in [1.82, 2.24) is 10.2 Å². The molecule has 0 aromatic heterocycles. The van der Waals surface area contributed by atoms with Crippen LogP contribution in [0.2, 0.25) is 0 Å². The number of hydrogen-bond donors (Lipinski definition) is 1. The van der Waals surface area contributed by atoms with E-state index in [9.17, 15) is 18.4 Å². The molecule has 0 heterocycles. The van der Waals surface area contributed by atoms with Crippen molar-refractivity contribution in [2.75, 3.05) is 5.75 Å². The molecular formula is C30H32F2N2O2S. The third-order valence-corrected chi connectivity index (χ3v) is 7.67. The SMILES string of the molecule is O=C(NC1CCCC1)[C@H](Cc1ccccc1)N(Cc1ccccc1F)C(=O)CSCc1ccc(F)cc1. The predicted molar refractivity (Wildman–Crippen MR) is 144 cm³/mol. The van der Waals surface area contributed by atoms with E-state index in [4.69, 9.17) is 0 Å². The molecule has 0 spiro atoms. The van der Waals surface area contributed by atoms with Gasteiger partial charge in [0.05, 0.1) is 5.75 Å². The van der Waals surface area contributed by atoms with Crippen LogP contribution in [0.25, 0.3) is 0 Å². The summed E-state index contributed by atoms with van der Waals surface area (Å²) >= 11 is 1.39. The normalized spacial score (nSPS) is 14.3. The molecule has 37 heavy (non-hydrogen) atoms. The van der Waals surface area contributed by atoms with E-state index < -0.39 is 11.9 Å². The Bertz CT molecular complexity index is 1170. The summed E-state index contributed by atoms with van der Waals surface area (Å²) in [6, 6.07) is 21.4. The number of nitrogens with zero attached hydrogens (tertiary/aromatic N) is 1. The fraction of sp³-hybridized carbons (Fsp3) is 0.333. The molecule has 3 aromatic rings. The van der Waals surface area contributed by atoms with Crippen molar-refractivity contribution < 1.29 is 18.4 Å². The minimum atomic E-state index is -0.776. The minimum Gasteiger partial charge on any atom is -0.352 e. The lowest BCUT2D eigenvalue weighted by Gasteiger charge is -2.32. The molecule has 2 amide bonds. The highest BCUT2D eigenvalue weighted by atomic mass is 32.2. The Labute approximate surface area is 221 Å². The molecule has 4 rings (SSSR count). The van der Waals surface area contributed by atoms with Crippen molar-refractivity contribution in [1.29, 1.82) is 0 Å². The van der Waals surface area contributed by atoms with Gasteiger partial charge in [0.15, 0.2) is 0 Å². The topological polar surface area (TPSA) is 49.4 Å². The highest BCUT2D eigenvalue weighted by molar-refractivity contribution is 7.99. The van der Waals surface area contributed by atoms with Gasteiger partial charge < -0.3 is 10.2 Å². The van der Waals surface area contributed by atoms with Crippen LogP contribution >= 0.6 is 11.8 Å². The molecule has 4 nitrogen and oxygen atoms in total. The second kappa shape index (κ2) is 13.4. The standard InChI is InChI=1S/C30H32F2N2O2S/c31-25-16-14-23(15-17-25)20-37-21-29(35)34(19-24-10-4-7-13-27(24)32)28(18-22-8-2-1-3-9-22)30(36)33-26-11-5-6-12-26/h1-4,7-10,13-17,26,28H,5-6,11-12,18-21H2,(H,33,36)/t28-/m0/s1. The van der Waals surface area contributed by atoms with E-state index in [-0.39, 0.29) is 36.0 Å². The second-order valence-electron chi connectivity index (χ2n) is 9.43. The lowest BCUT2D eigenvalue weighted by molar-refractivity contribution is -0.139. The van der Waals surface area contributed by atoms with Gasteiger partial charge in [-0.2, -0.15) is 0 Å². The van der Waals surface area contributed by atoms with Crippen LogP contribution in [0.3, 0.4) is 0 Å². The number of amides is 2. The van der Waals surface area contributed by atoms with Gasteiger partial charge in [-0.1, -0.05) is 73.5 Å². The van der Waals surface area contributed by atoms with Gasteiger partial charge in [-0.3, -0.25) is 9.59 Å². The fourth-order valence-corrected chi connectivity index (χ4v) is 5.52. The number of benzene rings is 3. The van der Waals surface area contributed by atoms with Gasteiger partial charge in [0.2, 0.25) is 11.8 Å². The number of rotatable bonds is 11. The molecule has 0 bridgehead atoms. The van der Waals surface area contributed by atoms with Crippen LogP contribution in [-0.2, 0) is 28.3 Å². The summed E-state index contributed by atoms with van der Waals surface area (Å²) in [5.74, 6) is -0.515. The van der Waals surface area contributed by atoms with Crippen LogP contribution in [0, 0.1) is 11.6 Å². The average molecular weight is 523 g/mol. The van der Waals surface area contributed by atoms with E-state index in [1.807, 2.05) is 30.3 Å². The Morgan fingerprint density at radius 1 is 0.892 bits per heavy atom. The van der Waals surface area contributed by atoms with Crippen molar-refractivity contribution in [2.24, 2.45) is 0 Å². The van der Waals surface area contributed by atoms with E-state index in [1.165, 1.54) is 34.9 Å². The lowest BCUT2D eigenvalue weighted by atomic mass is 10.0. The lowest BCUT2D eigenvalue weighted by Crippen LogP contribution is -2.52. The zero-order valence-electron chi connectivity index (χ0n) is 20.7. The van der Waals surface area contributed by atoms with Crippen molar-refractivity contribution in [3.63, 3.8) is 0 Å². The van der Waals surface area contributed by atoms with Crippen molar-refractivity contribution in [3.05, 3.63) is 107 Å². The zero-order valence-corrected chi connectivity index (χ0v) is 21.6. The smallest absolute Gasteiger partial charge is 0.243 e. The van der Waals surface area contributed by atoms with Crippen LogP contribution in [0.4, 0.5) is 8.78 Å². The molecular weight excluding hydrogens is 490 g/mol. The van der Waals surface area contributed by atoms with Gasteiger partial charge in [-0.25, -0.2) is 8.78 Å². The number of carbonyl (C=O) groups excluding carboxylic acids is 2. The maximum atomic E-state index is 14.7. The first-order valence-corrected chi connectivity index (χ1v) is 13.8. The summed E-state index contributed by atoms with van der Waals surface area (Å²) in [5, 5.41) is 3.15. The van der Waals surface area contributed by atoms with Crippen LogP contribution in [0.5, 0.6) is 0 Å². The van der Waals surface area contributed by atoms with Crippen LogP contribution in [0.15, 0.2) is 78.9 Å². The molecule has 0 saturated heterocycles. The van der Waals surface area contributed by atoms with Crippen LogP contribution in [0.1, 0.15) is 42.4 Å². The summed E-state index contributed by atoms with van der Waals surface area (Å²) in [5.41, 5.74) is 2.20. The molecule has 1 saturated carbocycles. The Balaban J connectivity index is 1.56. The van der Waals surface area contributed by atoms with Gasteiger partial charge in [-0.15, -0.1) is 11.8 Å². The average Bonchev–Trinajstić information content (AvgIpc) is 3.42. The van der Waals surface area contributed by atoms with E-state index >= 15 is 0 Å².